The van der Waals surface area contributed by atoms with Crippen molar-refractivity contribution in [3.63, 3.8) is 0 Å². The van der Waals surface area contributed by atoms with Crippen molar-refractivity contribution >= 4 is 29.3 Å². The largest absolute Gasteiger partial charge is 0.465 e. The summed E-state index contributed by atoms with van der Waals surface area (Å²) in [5.41, 5.74) is 3.04. The topological polar surface area (TPSA) is 64.4 Å². The Hall–Kier alpha value is -2.28. The van der Waals surface area contributed by atoms with Gasteiger partial charge in [0.2, 0.25) is 5.91 Å². The number of para-hydroxylation sites is 1. The minimum Gasteiger partial charge on any atom is -0.465 e. The zero-order valence-corrected chi connectivity index (χ0v) is 17.4. The highest BCUT2D eigenvalue weighted by molar-refractivity contribution is 7.99. The summed E-state index contributed by atoms with van der Waals surface area (Å²) in [6.07, 6.45) is 2.18. The molecule has 0 spiro atoms. The minimum absolute atomic E-state index is 0.100. The summed E-state index contributed by atoms with van der Waals surface area (Å²) in [4.78, 5) is 30.8. The van der Waals surface area contributed by atoms with Crippen molar-refractivity contribution in [2.24, 2.45) is 0 Å². The molecule has 0 radical (unpaired) electrons. The number of benzene rings is 1. The van der Waals surface area contributed by atoms with Gasteiger partial charge in [-0.25, -0.2) is 9.78 Å². The summed E-state index contributed by atoms with van der Waals surface area (Å²) in [7, 11) is 3.00. The van der Waals surface area contributed by atoms with E-state index in [4.69, 9.17) is 4.74 Å². The summed E-state index contributed by atoms with van der Waals surface area (Å²) >= 11 is 1.43. The molecule has 27 heavy (non-hydrogen) atoms. The predicted molar refractivity (Wildman–Crippen MR) is 109 cm³/mol. The summed E-state index contributed by atoms with van der Waals surface area (Å²) in [5.74, 6) is -0.315. The number of carbonyl (C=O) groups is 2. The van der Waals surface area contributed by atoms with E-state index in [0.29, 0.717) is 11.3 Å². The number of hydrogen-bond acceptors (Lipinski definition) is 5. The maximum atomic E-state index is 12.7. The predicted octanol–water partition coefficient (Wildman–Crippen LogP) is 3.84. The SMILES string of the molecule is CCCCn1c(SCC(=O)N(C)c2ccccc2C(=O)OC)nc(C)c1C. The van der Waals surface area contributed by atoms with Gasteiger partial charge in [0, 0.05) is 19.3 Å². The Morgan fingerprint density at radius 3 is 2.63 bits per heavy atom. The van der Waals surface area contributed by atoms with Gasteiger partial charge < -0.3 is 14.2 Å². The summed E-state index contributed by atoms with van der Waals surface area (Å²) in [6.45, 7) is 7.11. The van der Waals surface area contributed by atoms with E-state index >= 15 is 0 Å². The summed E-state index contributed by atoms with van der Waals surface area (Å²) in [5, 5.41) is 0.862. The van der Waals surface area contributed by atoms with E-state index < -0.39 is 5.97 Å². The Bertz CT molecular complexity index is 817. The Morgan fingerprint density at radius 2 is 1.96 bits per heavy atom. The van der Waals surface area contributed by atoms with E-state index in [-0.39, 0.29) is 11.7 Å². The van der Waals surface area contributed by atoms with Crippen LogP contribution < -0.4 is 4.90 Å². The van der Waals surface area contributed by atoms with E-state index in [1.807, 2.05) is 6.92 Å². The van der Waals surface area contributed by atoms with E-state index in [1.165, 1.54) is 23.8 Å². The molecular weight excluding hydrogens is 362 g/mol. The van der Waals surface area contributed by atoms with Gasteiger partial charge in [0.1, 0.15) is 0 Å². The van der Waals surface area contributed by atoms with Crippen molar-refractivity contribution in [3.8, 4) is 0 Å². The maximum absolute atomic E-state index is 12.7. The fourth-order valence-electron chi connectivity index (χ4n) is 2.72. The number of unbranched alkanes of at least 4 members (excludes halogenated alkanes) is 1. The zero-order valence-electron chi connectivity index (χ0n) is 16.6. The second-order valence-corrected chi connectivity index (χ2v) is 7.26. The molecule has 0 saturated carbocycles. The molecule has 0 unspecified atom stereocenters. The highest BCUT2D eigenvalue weighted by Crippen LogP contribution is 2.25. The Labute approximate surface area is 164 Å². The van der Waals surface area contributed by atoms with Gasteiger partial charge in [0.05, 0.1) is 29.8 Å². The highest BCUT2D eigenvalue weighted by Gasteiger charge is 2.20. The van der Waals surface area contributed by atoms with Gasteiger partial charge >= 0.3 is 5.97 Å². The molecule has 7 heteroatoms. The van der Waals surface area contributed by atoms with Crippen molar-refractivity contribution < 1.29 is 14.3 Å². The van der Waals surface area contributed by atoms with Crippen LogP contribution >= 0.6 is 11.8 Å². The molecule has 0 N–H and O–H groups in total. The molecule has 0 atom stereocenters. The van der Waals surface area contributed by atoms with Crippen LogP contribution in [0.1, 0.15) is 41.5 Å². The average molecular weight is 390 g/mol. The molecule has 0 bridgehead atoms. The van der Waals surface area contributed by atoms with E-state index in [9.17, 15) is 9.59 Å². The molecule has 1 amide bonds. The van der Waals surface area contributed by atoms with Crippen molar-refractivity contribution in [2.45, 2.75) is 45.3 Å². The molecule has 0 aliphatic carbocycles. The number of aryl methyl sites for hydroxylation is 1. The van der Waals surface area contributed by atoms with Crippen molar-refractivity contribution in [1.82, 2.24) is 9.55 Å². The molecule has 0 saturated heterocycles. The van der Waals surface area contributed by atoms with Gasteiger partial charge in [-0.05, 0) is 32.4 Å². The average Bonchev–Trinajstić information content (AvgIpc) is 2.96. The Kier molecular flexibility index (Phi) is 7.47. The fourth-order valence-corrected chi connectivity index (χ4v) is 3.75. The van der Waals surface area contributed by atoms with E-state index in [0.717, 1.165) is 35.9 Å². The number of imidazole rings is 1. The number of nitrogens with zero attached hydrogens (tertiary/aromatic N) is 3. The van der Waals surface area contributed by atoms with E-state index in [2.05, 4.69) is 23.4 Å². The molecular formula is C20H27N3O3S. The number of ether oxygens (including phenoxy) is 1. The van der Waals surface area contributed by atoms with Crippen LogP contribution in [0.25, 0.3) is 0 Å². The lowest BCUT2D eigenvalue weighted by atomic mass is 10.1. The van der Waals surface area contributed by atoms with Gasteiger partial charge in [-0.2, -0.15) is 0 Å². The first-order valence-corrected chi connectivity index (χ1v) is 9.99. The van der Waals surface area contributed by atoms with Crippen molar-refractivity contribution in [1.29, 1.82) is 0 Å². The molecule has 1 aromatic heterocycles. The van der Waals surface area contributed by atoms with Crippen LogP contribution in [0.4, 0.5) is 5.69 Å². The van der Waals surface area contributed by atoms with Crippen LogP contribution in [-0.2, 0) is 16.1 Å². The van der Waals surface area contributed by atoms with Crippen molar-refractivity contribution in [3.05, 3.63) is 41.2 Å². The smallest absolute Gasteiger partial charge is 0.339 e. The Morgan fingerprint density at radius 1 is 1.26 bits per heavy atom. The standard InChI is InChI=1S/C20H27N3O3S/c1-6-7-12-23-15(3)14(2)21-20(23)27-13-18(24)22(4)17-11-9-8-10-16(17)19(25)26-5/h8-11H,6-7,12-13H2,1-5H3. The molecule has 2 aromatic rings. The van der Waals surface area contributed by atoms with Crippen LogP contribution in [0.5, 0.6) is 0 Å². The fraction of sp³-hybridized carbons (Fsp3) is 0.450. The number of hydrogen-bond donors (Lipinski definition) is 0. The summed E-state index contributed by atoms with van der Waals surface area (Å²) in [6, 6.07) is 6.94. The van der Waals surface area contributed by atoms with Crippen LogP contribution in [0.2, 0.25) is 0 Å². The van der Waals surface area contributed by atoms with Gasteiger partial charge in [-0.1, -0.05) is 37.2 Å². The lowest BCUT2D eigenvalue weighted by Crippen LogP contribution is -2.29. The van der Waals surface area contributed by atoms with E-state index in [1.54, 1.807) is 31.3 Å². The number of aromatic nitrogens is 2. The number of esters is 1. The summed E-state index contributed by atoms with van der Waals surface area (Å²) < 4.78 is 6.99. The van der Waals surface area contributed by atoms with Gasteiger partial charge in [-0.15, -0.1) is 0 Å². The maximum Gasteiger partial charge on any atom is 0.339 e. The number of rotatable bonds is 8. The molecule has 0 aliphatic rings. The lowest BCUT2D eigenvalue weighted by molar-refractivity contribution is -0.115. The normalized spacial score (nSPS) is 10.7. The second kappa shape index (κ2) is 9.60. The molecule has 2 rings (SSSR count). The first-order valence-electron chi connectivity index (χ1n) is 9.01. The second-order valence-electron chi connectivity index (χ2n) is 6.32. The Balaban J connectivity index is 2.13. The quantitative estimate of drug-likeness (QED) is 0.507. The molecule has 6 nitrogen and oxygen atoms in total. The van der Waals surface area contributed by atoms with Gasteiger partial charge in [-0.3, -0.25) is 4.79 Å². The molecule has 146 valence electrons. The molecule has 0 aliphatic heterocycles. The monoisotopic (exact) mass is 389 g/mol. The third-order valence-electron chi connectivity index (χ3n) is 4.53. The van der Waals surface area contributed by atoms with Crippen molar-refractivity contribution in [2.75, 3.05) is 24.8 Å². The first-order chi connectivity index (χ1) is 12.9. The van der Waals surface area contributed by atoms with Crippen LogP contribution in [0.15, 0.2) is 29.4 Å². The van der Waals surface area contributed by atoms with Crippen LogP contribution in [0.3, 0.4) is 0 Å². The first kappa shape index (κ1) is 21.0. The number of anilines is 1. The third-order valence-corrected chi connectivity index (χ3v) is 5.49. The number of amides is 1. The molecule has 1 aromatic carbocycles. The highest BCUT2D eigenvalue weighted by atomic mass is 32.2. The van der Waals surface area contributed by atoms with Gasteiger partial charge in [0.25, 0.3) is 0 Å². The number of thioether (sulfide) groups is 1. The number of methoxy groups -OCH3 is 1. The van der Waals surface area contributed by atoms with Gasteiger partial charge in [0.15, 0.2) is 5.16 Å². The zero-order chi connectivity index (χ0) is 20.0. The molecule has 1 heterocycles. The third kappa shape index (κ3) is 4.91. The molecule has 0 fully saturated rings. The van der Waals surface area contributed by atoms with Crippen LogP contribution in [0, 0.1) is 13.8 Å². The number of carbonyl (C=O) groups excluding carboxylic acids is 2. The lowest BCUT2D eigenvalue weighted by Gasteiger charge is -2.19. The minimum atomic E-state index is -0.459. The van der Waals surface area contributed by atoms with Crippen LogP contribution in [-0.4, -0.2) is 41.3 Å².